The number of rotatable bonds is 7. The monoisotopic (exact) mass is 422 g/mol. The van der Waals surface area contributed by atoms with Gasteiger partial charge in [-0.15, -0.1) is 13.2 Å². The third-order valence-corrected chi connectivity index (χ3v) is 4.42. The van der Waals surface area contributed by atoms with Crippen molar-refractivity contribution >= 4 is 0 Å². The van der Waals surface area contributed by atoms with E-state index < -0.39 is 18.6 Å². The zero-order chi connectivity index (χ0) is 21.9. The third kappa shape index (κ3) is 5.28. The molecule has 0 aliphatic heterocycles. The van der Waals surface area contributed by atoms with E-state index >= 15 is 0 Å². The van der Waals surface area contributed by atoms with Crippen LogP contribution in [0.4, 0.5) is 13.2 Å². The maximum Gasteiger partial charge on any atom is 0.573 e. The fourth-order valence-electron chi connectivity index (χ4n) is 3.07. The minimum atomic E-state index is -4.75. The van der Waals surface area contributed by atoms with Crippen molar-refractivity contribution in [3.63, 3.8) is 0 Å². The fourth-order valence-corrected chi connectivity index (χ4v) is 3.07. The fraction of sp³-hybridized carbons (Fsp3) is 0.300. The van der Waals surface area contributed by atoms with E-state index in [2.05, 4.69) is 15.2 Å². The van der Waals surface area contributed by atoms with E-state index in [9.17, 15) is 23.1 Å². The first-order valence-corrected chi connectivity index (χ1v) is 9.16. The maximum absolute atomic E-state index is 12.7. The van der Waals surface area contributed by atoms with Gasteiger partial charge in [-0.3, -0.25) is 5.32 Å². The molecule has 0 saturated carbocycles. The average molecular weight is 422 g/mol. The summed E-state index contributed by atoms with van der Waals surface area (Å²) in [6.45, 7) is 3.33. The molecule has 7 nitrogen and oxygen atoms in total. The molecule has 0 saturated heterocycles. The first-order chi connectivity index (χ1) is 14.1. The Morgan fingerprint density at radius 1 is 1.13 bits per heavy atom. The number of aromatic nitrogens is 3. The number of benzene rings is 2. The second-order valence-corrected chi connectivity index (χ2v) is 6.70. The van der Waals surface area contributed by atoms with Gasteiger partial charge in [0.05, 0.1) is 12.2 Å². The Hall–Kier alpha value is -3.11. The first-order valence-electron chi connectivity index (χ1n) is 9.16. The van der Waals surface area contributed by atoms with E-state index in [-0.39, 0.29) is 18.0 Å². The van der Waals surface area contributed by atoms with E-state index in [1.165, 1.54) is 28.8 Å². The molecule has 10 heteroatoms. The Balaban J connectivity index is 1.66. The smallest absolute Gasteiger partial charge is 0.406 e. The summed E-state index contributed by atoms with van der Waals surface area (Å²) in [5.74, 6) is 0.152. The van der Waals surface area contributed by atoms with Gasteiger partial charge in [0.2, 0.25) is 0 Å². The molecule has 0 aliphatic carbocycles. The largest absolute Gasteiger partial charge is 0.573 e. The molecule has 0 aliphatic rings. The molecule has 0 radical (unpaired) electrons. The van der Waals surface area contributed by atoms with Crippen LogP contribution in [0.1, 0.15) is 24.4 Å². The summed E-state index contributed by atoms with van der Waals surface area (Å²) in [5.41, 5.74) is 0.922. The molecule has 1 unspecified atom stereocenters. The SMILES string of the molecule is Cc1nn(CC(O)N[C@@H](C)c2ccc(OC(F)(F)F)cc2)c(=O)n1-c1ccccc1. The number of aliphatic hydroxyl groups excluding tert-OH is 1. The summed E-state index contributed by atoms with van der Waals surface area (Å²) in [6, 6.07) is 13.9. The van der Waals surface area contributed by atoms with Gasteiger partial charge in [-0.1, -0.05) is 30.3 Å². The Kier molecular flexibility index (Phi) is 6.28. The Labute approximate surface area is 170 Å². The van der Waals surface area contributed by atoms with Crippen LogP contribution in [-0.4, -0.2) is 32.0 Å². The van der Waals surface area contributed by atoms with Crippen LogP contribution >= 0.6 is 0 Å². The normalized spacial score (nSPS) is 13.8. The van der Waals surface area contributed by atoms with Crippen molar-refractivity contribution in [2.24, 2.45) is 0 Å². The highest BCUT2D eigenvalue weighted by molar-refractivity contribution is 5.32. The molecule has 2 atom stereocenters. The molecule has 3 aromatic rings. The van der Waals surface area contributed by atoms with Gasteiger partial charge < -0.3 is 9.84 Å². The highest BCUT2D eigenvalue weighted by Gasteiger charge is 2.31. The molecular formula is C20H21F3N4O3. The summed E-state index contributed by atoms with van der Waals surface area (Å²) in [4.78, 5) is 12.7. The molecule has 0 amide bonds. The zero-order valence-electron chi connectivity index (χ0n) is 16.3. The van der Waals surface area contributed by atoms with Gasteiger partial charge in [0.1, 0.15) is 17.8 Å². The summed E-state index contributed by atoms with van der Waals surface area (Å²) in [5, 5.41) is 17.4. The van der Waals surface area contributed by atoms with Crippen molar-refractivity contribution in [2.45, 2.75) is 39.0 Å². The molecule has 0 bridgehead atoms. The van der Waals surface area contributed by atoms with Gasteiger partial charge in [-0.2, -0.15) is 5.10 Å². The van der Waals surface area contributed by atoms with Crippen LogP contribution in [0, 0.1) is 6.92 Å². The number of alkyl halides is 3. The Morgan fingerprint density at radius 3 is 2.37 bits per heavy atom. The minimum absolute atomic E-state index is 0.0981. The Bertz CT molecular complexity index is 1030. The lowest BCUT2D eigenvalue weighted by molar-refractivity contribution is -0.274. The van der Waals surface area contributed by atoms with Gasteiger partial charge >= 0.3 is 12.1 Å². The number of ether oxygens (including phenoxy) is 1. The first kappa shape index (κ1) is 21.6. The van der Waals surface area contributed by atoms with Gasteiger partial charge in [-0.25, -0.2) is 14.0 Å². The molecule has 2 aromatic carbocycles. The second-order valence-electron chi connectivity index (χ2n) is 6.70. The van der Waals surface area contributed by atoms with Crippen LogP contribution in [0.15, 0.2) is 59.4 Å². The highest BCUT2D eigenvalue weighted by Crippen LogP contribution is 2.24. The lowest BCUT2D eigenvalue weighted by Crippen LogP contribution is -2.38. The van der Waals surface area contributed by atoms with Crippen molar-refractivity contribution in [3.8, 4) is 11.4 Å². The van der Waals surface area contributed by atoms with E-state index in [1.807, 2.05) is 18.2 Å². The van der Waals surface area contributed by atoms with Crippen molar-refractivity contribution in [1.29, 1.82) is 0 Å². The van der Waals surface area contributed by atoms with Crippen LogP contribution in [0.3, 0.4) is 0 Å². The molecule has 30 heavy (non-hydrogen) atoms. The third-order valence-electron chi connectivity index (χ3n) is 4.42. The van der Waals surface area contributed by atoms with Gasteiger partial charge in [0.25, 0.3) is 0 Å². The summed E-state index contributed by atoms with van der Waals surface area (Å²) >= 11 is 0. The predicted molar refractivity (Wildman–Crippen MR) is 103 cm³/mol. The quantitative estimate of drug-likeness (QED) is 0.573. The minimum Gasteiger partial charge on any atom is -0.406 e. The number of nitrogens with zero attached hydrogens (tertiary/aromatic N) is 3. The van der Waals surface area contributed by atoms with Crippen LogP contribution in [0.2, 0.25) is 0 Å². The predicted octanol–water partition coefficient (Wildman–Crippen LogP) is 2.91. The van der Waals surface area contributed by atoms with Crippen LogP contribution in [0.5, 0.6) is 5.75 Å². The molecule has 0 fully saturated rings. The maximum atomic E-state index is 12.7. The van der Waals surface area contributed by atoms with Crippen molar-refractivity contribution in [2.75, 3.05) is 0 Å². The van der Waals surface area contributed by atoms with Crippen molar-refractivity contribution < 1.29 is 23.0 Å². The van der Waals surface area contributed by atoms with Gasteiger partial charge in [-0.05, 0) is 43.7 Å². The molecule has 160 valence electrons. The highest BCUT2D eigenvalue weighted by atomic mass is 19.4. The number of halogens is 3. The number of nitrogens with one attached hydrogen (secondary N) is 1. The van der Waals surface area contributed by atoms with E-state index in [0.29, 0.717) is 17.1 Å². The standard InChI is InChI=1S/C20H21F3N4O3/c1-13(15-8-10-17(11-9-15)30-20(21,22)23)24-18(28)12-26-19(29)27(14(2)25-26)16-6-4-3-5-7-16/h3-11,13,18,24,28H,12H2,1-2H3/t13-,18?/m0/s1. The van der Waals surface area contributed by atoms with Crippen LogP contribution < -0.4 is 15.7 Å². The number of aliphatic hydroxyl groups is 1. The summed E-state index contributed by atoms with van der Waals surface area (Å²) in [7, 11) is 0. The van der Waals surface area contributed by atoms with E-state index in [1.54, 1.807) is 26.0 Å². The number of hydrogen-bond donors (Lipinski definition) is 2. The molecule has 2 N–H and O–H groups in total. The molecular weight excluding hydrogens is 401 g/mol. The second kappa shape index (κ2) is 8.72. The van der Waals surface area contributed by atoms with E-state index in [0.717, 1.165) is 4.68 Å². The number of hydrogen-bond acceptors (Lipinski definition) is 5. The molecule has 0 spiro atoms. The summed E-state index contributed by atoms with van der Waals surface area (Å²) in [6.07, 6.45) is -5.86. The Morgan fingerprint density at radius 2 is 1.77 bits per heavy atom. The molecule has 1 aromatic heterocycles. The van der Waals surface area contributed by atoms with Crippen LogP contribution in [0.25, 0.3) is 5.69 Å². The lowest BCUT2D eigenvalue weighted by Gasteiger charge is -2.19. The number of aryl methyl sites for hydroxylation is 1. The van der Waals surface area contributed by atoms with Gasteiger partial charge in [0, 0.05) is 6.04 Å². The van der Waals surface area contributed by atoms with Crippen LogP contribution in [-0.2, 0) is 6.54 Å². The topological polar surface area (TPSA) is 81.3 Å². The summed E-state index contributed by atoms with van der Waals surface area (Å²) < 4.78 is 43.2. The van der Waals surface area contributed by atoms with Crippen molar-refractivity contribution in [1.82, 2.24) is 19.7 Å². The molecule has 1 heterocycles. The number of para-hydroxylation sites is 1. The lowest BCUT2D eigenvalue weighted by atomic mass is 10.1. The van der Waals surface area contributed by atoms with Crippen molar-refractivity contribution in [3.05, 3.63) is 76.5 Å². The average Bonchev–Trinajstić information content (AvgIpc) is 2.94. The van der Waals surface area contributed by atoms with Gasteiger partial charge in [0.15, 0.2) is 0 Å². The molecule has 3 rings (SSSR count). The zero-order valence-corrected chi connectivity index (χ0v) is 16.3. The van der Waals surface area contributed by atoms with E-state index in [4.69, 9.17) is 0 Å².